The van der Waals surface area contributed by atoms with E-state index in [1.165, 1.54) is 44.3 Å². The molecule has 2 nitrogen and oxygen atoms in total. The van der Waals surface area contributed by atoms with Crippen molar-refractivity contribution in [3.05, 3.63) is 34.3 Å². The molecule has 0 aliphatic carbocycles. The van der Waals surface area contributed by atoms with Crippen LogP contribution in [0.15, 0.2) is 28.7 Å². The zero-order chi connectivity index (χ0) is 14.4. The largest absolute Gasteiger partial charge is 0.313 e. The van der Waals surface area contributed by atoms with E-state index in [1.807, 2.05) is 0 Å². The van der Waals surface area contributed by atoms with Crippen molar-refractivity contribution in [2.24, 2.45) is 0 Å². The Balaban J connectivity index is 2.04. The normalized spacial score (nSPS) is 21.1. The van der Waals surface area contributed by atoms with E-state index in [1.54, 1.807) is 0 Å². The molecule has 1 aromatic rings. The fraction of sp³-hybridized carbons (Fsp3) is 0.647. The van der Waals surface area contributed by atoms with Gasteiger partial charge < -0.3 is 5.32 Å². The van der Waals surface area contributed by atoms with Crippen LogP contribution in [0.25, 0.3) is 0 Å². The number of piperidine rings is 1. The Labute approximate surface area is 132 Å². The van der Waals surface area contributed by atoms with E-state index in [2.05, 4.69) is 64.3 Å². The highest BCUT2D eigenvalue weighted by molar-refractivity contribution is 9.10. The molecule has 1 N–H and O–H groups in total. The minimum absolute atomic E-state index is 0.539. The maximum Gasteiger partial charge on any atom is 0.0346 e. The van der Waals surface area contributed by atoms with Gasteiger partial charge in [0.05, 0.1) is 0 Å². The minimum atomic E-state index is 0.539. The molecule has 1 fully saturated rings. The quantitative estimate of drug-likeness (QED) is 0.828. The van der Waals surface area contributed by atoms with Crippen LogP contribution in [0.3, 0.4) is 0 Å². The van der Waals surface area contributed by atoms with Gasteiger partial charge in [-0.05, 0) is 50.0 Å². The van der Waals surface area contributed by atoms with Gasteiger partial charge in [0.15, 0.2) is 0 Å². The first-order valence-corrected chi connectivity index (χ1v) is 8.76. The van der Waals surface area contributed by atoms with Gasteiger partial charge in [-0.3, -0.25) is 4.90 Å². The van der Waals surface area contributed by atoms with Gasteiger partial charge in [-0.1, -0.05) is 48.3 Å². The lowest BCUT2D eigenvalue weighted by atomic mass is 9.99. The molecule has 2 rings (SSSR count). The molecule has 20 heavy (non-hydrogen) atoms. The van der Waals surface area contributed by atoms with Crippen LogP contribution in [0.4, 0.5) is 0 Å². The van der Waals surface area contributed by atoms with Crippen molar-refractivity contribution in [1.29, 1.82) is 0 Å². The Bertz CT molecular complexity index is 384. The summed E-state index contributed by atoms with van der Waals surface area (Å²) in [5.74, 6) is 0. The topological polar surface area (TPSA) is 15.3 Å². The van der Waals surface area contributed by atoms with Gasteiger partial charge in [0.25, 0.3) is 0 Å². The summed E-state index contributed by atoms with van der Waals surface area (Å²) in [6, 6.07) is 10.0. The van der Waals surface area contributed by atoms with Gasteiger partial charge in [-0.2, -0.15) is 0 Å². The molecular formula is C17H27BrN2. The monoisotopic (exact) mass is 338 g/mol. The van der Waals surface area contributed by atoms with Crippen LogP contribution in [0.1, 0.15) is 51.1 Å². The zero-order valence-electron chi connectivity index (χ0n) is 12.7. The maximum absolute atomic E-state index is 3.67. The Kier molecular flexibility index (Phi) is 6.53. The predicted molar refractivity (Wildman–Crippen MR) is 90.1 cm³/mol. The smallest absolute Gasteiger partial charge is 0.0346 e. The summed E-state index contributed by atoms with van der Waals surface area (Å²) in [4.78, 5) is 2.63. The lowest BCUT2D eigenvalue weighted by Gasteiger charge is -2.35. The SMILES string of the molecule is CCC(c1ccc(Br)cc1)N(CC)CC1CCCCN1. The molecular weight excluding hydrogens is 312 g/mol. The molecule has 3 heteroatoms. The number of halogens is 1. The highest BCUT2D eigenvalue weighted by Gasteiger charge is 2.22. The molecule has 0 radical (unpaired) electrons. The van der Waals surface area contributed by atoms with E-state index >= 15 is 0 Å². The third-order valence-corrected chi connectivity index (χ3v) is 4.88. The van der Waals surface area contributed by atoms with Crippen molar-refractivity contribution in [2.45, 2.75) is 51.6 Å². The molecule has 1 saturated heterocycles. The number of hydrogen-bond donors (Lipinski definition) is 1. The van der Waals surface area contributed by atoms with E-state index in [9.17, 15) is 0 Å². The van der Waals surface area contributed by atoms with Crippen molar-refractivity contribution < 1.29 is 0 Å². The third-order valence-electron chi connectivity index (χ3n) is 4.36. The summed E-state index contributed by atoms with van der Waals surface area (Å²) in [5.41, 5.74) is 1.44. The Morgan fingerprint density at radius 2 is 2.00 bits per heavy atom. The molecule has 0 aromatic heterocycles. The van der Waals surface area contributed by atoms with Gasteiger partial charge in [-0.15, -0.1) is 0 Å². The molecule has 2 atom stereocenters. The molecule has 1 aliphatic heterocycles. The first kappa shape index (κ1) is 16.0. The lowest BCUT2D eigenvalue weighted by Crippen LogP contribution is -2.44. The standard InChI is InChI=1S/C17H27BrN2/c1-3-17(14-8-10-15(18)11-9-14)20(4-2)13-16-7-5-6-12-19-16/h8-11,16-17,19H,3-7,12-13H2,1-2H3. The van der Waals surface area contributed by atoms with E-state index in [0.717, 1.165) is 11.0 Å². The van der Waals surface area contributed by atoms with Crippen LogP contribution >= 0.6 is 15.9 Å². The Morgan fingerprint density at radius 3 is 2.55 bits per heavy atom. The molecule has 1 aromatic carbocycles. The van der Waals surface area contributed by atoms with Crippen molar-refractivity contribution >= 4 is 15.9 Å². The Hall–Kier alpha value is -0.380. The van der Waals surface area contributed by atoms with Gasteiger partial charge >= 0.3 is 0 Å². The second kappa shape index (κ2) is 8.16. The zero-order valence-corrected chi connectivity index (χ0v) is 14.3. The van der Waals surface area contributed by atoms with Crippen LogP contribution < -0.4 is 5.32 Å². The van der Waals surface area contributed by atoms with Crippen molar-refractivity contribution in [2.75, 3.05) is 19.6 Å². The van der Waals surface area contributed by atoms with E-state index in [0.29, 0.717) is 12.1 Å². The first-order valence-electron chi connectivity index (χ1n) is 7.97. The van der Waals surface area contributed by atoms with Crippen molar-refractivity contribution in [3.8, 4) is 0 Å². The number of nitrogens with zero attached hydrogens (tertiary/aromatic N) is 1. The molecule has 0 saturated carbocycles. The average Bonchev–Trinajstić information content (AvgIpc) is 2.49. The number of likely N-dealkylation sites (N-methyl/N-ethyl adjacent to an activating group) is 1. The summed E-state index contributed by atoms with van der Waals surface area (Å²) >= 11 is 3.53. The summed E-state index contributed by atoms with van der Waals surface area (Å²) in [7, 11) is 0. The van der Waals surface area contributed by atoms with E-state index < -0.39 is 0 Å². The molecule has 0 amide bonds. The van der Waals surface area contributed by atoms with E-state index in [4.69, 9.17) is 0 Å². The van der Waals surface area contributed by atoms with Gasteiger partial charge in [0, 0.05) is 23.1 Å². The fourth-order valence-corrected chi connectivity index (χ4v) is 3.49. The maximum atomic E-state index is 3.67. The number of benzene rings is 1. The summed E-state index contributed by atoms with van der Waals surface area (Å²) < 4.78 is 1.16. The van der Waals surface area contributed by atoms with Crippen LogP contribution in [0.5, 0.6) is 0 Å². The minimum Gasteiger partial charge on any atom is -0.313 e. The molecule has 0 spiro atoms. The highest BCUT2D eigenvalue weighted by Crippen LogP contribution is 2.26. The summed E-state index contributed by atoms with van der Waals surface area (Å²) in [6.07, 6.45) is 5.21. The summed E-state index contributed by atoms with van der Waals surface area (Å²) in [6.45, 7) is 8.06. The third kappa shape index (κ3) is 4.31. The van der Waals surface area contributed by atoms with Crippen molar-refractivity contribution in [1.82, 2.24) is 10.2 Å². The van der Waals surface area contributed by atoms with Gasteiger partial charge in [0.2, 0.25) is 0 Å². The molecule has 0 bridgehead atoms. The van der Waals surface area contributed by atoms with Crippen LogP contribution in [0.2, 0.25) is 0 Å². The number of hydrogen-bond acceptors (Lipinski definition) is 2. The van der Waals surface area contributed by atoms with Crippen LogP contribution in [0, 0.1) is 0 Å². The molecule has 2 unspecified atom stereocenters. The predicted octanol–water partition coefficient (Wildman–Crippen LogP) is 4.36. The van der Waals surface area contributed by atoms with Crippen LogP contribution in [-0.4, -0.2) is 30.6 Å². The Morgan fingerprint density at radius 1 is 1.25 bits per heavy atom. The van der Waals surface area contributed by atoms with Crippen molar-refractivity contribution in [3.63, 3.8) is 0 Å². The summed E-state index contributed by atoms with van der Waals surface area (Å²) in [5, 5.41) is 3.67. The molecule has 1 aliphatic rings. The fourth-order valence-electron chi connectivity index (χ4n) is 3.23. The van der Waals surface area contributed by atoms with Gasteiger partial charge in [0.1, 0.15) is 0 Å². The molecule has 112 valence electrons. The van der Waals surface area contributed by atoms with E-state index in [-0.39, 0.29) is 0 Å². The van der Waals surface area contributed by atoms with Crippen LogP contribution in [-0.2, 0) is 0 Å². The average molecular weight is 339 g/mol. The number of rotatable bonds is 6. The lowest BCUT2D eigenvalue weighted by molar-refractivity contribution is 0.170. The first-order chi connectivity index (χ1) is 9.74. The highest BCUT2D eigenvalue weighted by atomic mass is 79.9. The molecule has 1 heterocycles. The second-order valence-electron chi connectivity index (χ2n) is 5.71. The van der Waals surface area contributed by atoms with Gasteiger partial charge in [-0.25, -0.2) is 0 Å². The number of nitrogens with one attached hydrogen (secondary N) is 1. The second-order valence-corrected chi connectivity index (χ2v) is 6.63.